The van der Waals surface area contributed by atoms with Crippen LogP contribution in [0.3, 0.4) is 0 Å². The highest BCUT2D eigenvalue weighted by atomic mass is 16.5. The zero-order valence-corrected chi connectivity index (χ0v) is 18.3. The topological polar surface area (TPSA) is 67.0 Å². The van der Waals surface area contributed by atoms with Crippen molar-refractivity contribution < 1.29 is 4.74 Å². The maximum absolute atomic E-state index is 6.23. The number of aryl methyl sites for hydroxylation is 1. The first kappa shape index (κ1) is 21.1. The van der Waals surface area contributed by atoms with Crippen LogP contribution in [0.4, 0.5) is 0 Å². The number of hydrogen-bond donors (Lipinski definition) is 1. The van der Waals surface area contributed by atoms with E-state index >= 15 is 0 Å². The maximum Gasteiger partial charge on any atom is 0.193 e. The molecule has 2 aromatic heterocycles. The minimum Gasteiger partial charge on any atom is -0.378 e. The second-order valence-electron chi connectivity index (χ2n) is 8.55. The van der Waals surface area contributed by atoms with E-state index in [-0.39, 0.29) is 0 Å². The first-order valence-corrected chi connectivity index (χ1v) is 11.8. The smallest absolute Gasteiger partial charge is 0.193 e. The summed E-state index contributed by atoms with van der Waals surface area (Å²) in [6, 6.07) is 5.99. The number of fused-ring (bicyclic) bond motifs is 1. The minimum atomic E-state index is 0.422. The van der Waals surface area contributed by atoms with Crippen LogP contribution in [0, 0.1) is 5.92 Å². The van der Waals surface area contributed by atoms with Gasteiger partial charge in [0.2, 0.25) is 0 Å². The lowest BCUT2D eigenvalue weighted by Gasteiger charge is -2.34. The van der Waals surface area contributed by atoms with Gasteiger partial charge in [-0.1, -0.05) is 18.9 Å². The second kappa shape index (κ2) is 10.8. The number of nitrogens with zero attached hydrogens (tertiary/aromatic N) is 5. The molecule has 2 aromatic rings. The van der Waals surface area contributed by atoms with Gasteiger partial charge in [-0.15, -0.1) is 10.2 Å². The molecule has 0 spiro atoms. The van der Waals surface area contributed by atoms with Crippen molar-refractivity contribution in [3.8, 4) is 0 Å². The van der Waals surface area contributed by atoms with Crippen LogP contribution in [-0.4, -0.2) is 64.3 Å². The Morgan fingerprint density at radius 3 is 2.80 bits per heavy atom. The Morgan fingerprint density at radius 2 is 2.00 bits per heavy atom. The van der Waals surface area contributed by atoms with Crippen molar-refractivity contribution in [2.75, 3.05) is 32.8 Å². The van der Waals surface area contributed by atoms with E-state index in [1.807, 2.05) is 24.4 Å². The Bertz CT molecular complexity index is 805. The highest BCUT2D eigenvalue weighted by Gasteiger charge is 2.23. The number of rotatable bonds is 8. The van der Waals surface area contributed by atoms with Crippen molar-refractivity contribution >= 4 is 11.6 Å². The summed E-state index contributed by atoms with van der Waals surface area (Å²) in [6.07, 6.45) is 12.0. The number of nitrogens with one attached hydrogen (secondary N) is 1. The van der Waals surface area contributed by atoms with E-state index in [2.05, 4.69) is 31.7 Å². The maximum atomic E-state index is 6.23. The van der Waals surface area contributed by atoms with Crippen molar-refractivity contribution in [3.63, 3.8) is 0 Å². The minimum absolute atomic E-state index is 0.422. The fourth-order valence-corrected chi connectivity index (χ4v) is 4.59. The van der Waals surface area contributed by atoms with Gasteiger partial charge < -0.3 is 15.0 Å². The van der Waals surface area contributed by atoms with Crippen LogP contribution in [0.1, 0.15) is 57.7 Å². The zero-order valence-electron chi connectivity index (χ0n) is 18.3. The Balaban J connectivity index is 1.22. The van der Waals surface area contributed by atoms with Crippen LogP contribution in [0.2, 0.25) is 0 Å². The lowest BCUT2D eigenvalue weighted by Crippen LogP contribution is -2.47. The molecule has 1 aliphatic carbocycles. The molecule has 164 valence electrons. The van der Waals surface area contributed by atoms with Crippen molar-refractivity contribution in [2.24, 2.45) is 10.9 Å². The van der Waals surface area contributed by atoms with E-state index in [0.717, 1.165) is 81.8 Å². The van der Waals surface area contributed by atoms with E-state index in [0.29, 0.717) is 6.10 Å². The number of aliphatic imine (C=N–C) groups is 1. The molecule has 1 N–H and O–H groups in total. The normalized spacial score (nSPS) is 19.1. The molecule has 0 aromatic carbocycles. The molecule has 30 heavy (non-hydrogen) atoms. The Labute approximate surface area is 179 Å². The van der Waals surface area contributed by atoms with Gasteiger partial charge in [0.25, 0.3) is 0 Å². The molecule has 7 nitrogen and oxygen atoms in total. The van der Waals surface area contributed by atoms with Crippen LogP contribution in [0.5, 0.6) is 0 Å². The molecule has 1 saturated heterocycles. The van der Waals surface area contributed by atoms with Crippen molar-refractivity contribution in [1.29, 1.82) is 0 Å². The SMILES string of the molecule is CCNC(=NCCCc1nnc2ccccn12)N1CCC(OCC2CCCC2)CC1. The first-order valence-electron chi connectivity index (χ1n) is 11.8. The largest absolute Gasteiger partial charge is 0.378 e. The Kier molecular flexibility index (Phi) is 7.56. The molecular weight excluding hydrogens is 376 g/mol. The summed E-state index contributed by atoms with van der Waals surface area (Å²) in [5, 5.41) is 12.0. The highest BCUT2D eigenvalue weighted by molar-refractivity contribution is 5.80. The molecule has 7 heteroatoms. The highest BCUT2D eigenvalue weighted by Crippen LogP contribution is 2.26. The van der Waals surface area contributed by atoms with Gasteiger partial charge in [-0.25, -0.2) is 0 Å². The summed E-state index contributed by atoms with van der Waals surface area (Å²) in [4.78, 5) is 7.28. The molecule has 0 atom stereocenters. The summed E-state index contributed by atoms with van der Waals surface area (Å²) in [6.45, 7) is 6.84. The van der Waals surface area contributed by atoms with Crippen LogP contribution >= 0.6 is 0 Å². The van der Waals surface area contributed by atoms with E-state index in [9.17, 15) is 0 Å². The number of hydrogen-bond acceptors (Lipinski definition) is 4. The quantitative estimate of drug-likeness (QED) is 0.409. The monoisotopic (exact) mass is 412 g/mol. The van der Waals surface area contributed by atoms with Gasteiger partial charge in [-0.05, 0) is 57.1 Å². The van der Waals surface area contributed by atoms with Gasteiger partial charge in [-0.2, -0.15) is 0 Å². The molecule has 2 fully saturated rings. The predicted molar refractivity (Wildman–Crippen MR) is 120 cm³/mol. The number of pyridine rings is 1. The van der Waals surface area contributed by atoms with Gasteiger partial charge in [0.15, 0.2) is 11.6 Å². The van der Waals surface area contributed by atoms with Crippen molar-refractivity contribution in [3.05, 3.63) is 30.2 Å². The molecule has 0 bridgehead atoms. The van der Waals surface area contributed by atoms with E-state index in [1.54, 1.807) is 0 Å². The number of guanidine groups is 1. The average Bonchev–Trinajstić information content (AvgIpc) is 3.45. The van der Waals surface area contributed by atoms with Gasteiger partial charge in [-0.3, -0.25) is 9.39 Å². The summed E-state index contributed by atoms with van der Waals surface area (Å²) < 4.78 is 8.29. The third-order valence-electron chi connectivity index (χ3n) is 6.32. The molecule has 3 heterocycles. The molecule has 1 aliphatic heterocycles. The standard InChI is InChI=1S/C23H36N6O/c1-2-24-23(25-14-7-11-22-27-26-21-10-5-6-15-29(21)22)28-16-12-20(13-17-28)30-18-19-8-3-4-9-19/h5-6,10,15,19-20H,2-4,7-9,11-14,16-18H2,1H3,(H,24,25). The number of likely N-dealkylation sites (tertiary alicyclic amines) is 1. The summed E-state index contributed by atoms with van der Waals surface area (Å²) in [5.41, 5.74) is 0.905. The van der Waals surface area contributed by atoms with Gasteiger partial charge >= 0.3 is 0 Å². The third kappa shape index (κ3) is 5.50. The fraction of sp³-hybridized carbons (Fsp3) is 0.696. The predicted octanol–water partition coefficient (Wildman–Crippen LogP) is 3.30. The lowest BCUT2D eigenvalue weighted by atomic mass is 10.1. The van der Waals surface area contributed by atoms with Crippen LogP contribution in [-0.2, 0) is 11.2 Å². The van der Waals surface area contributed by atoms with Gasteiger partial charge in [0.1, 0.15) is 5.82 Å². The molecule has 4 rings (SSSR count). The molecule has 2 aliphatic rings. The Hall–Kier alpha value is -2.15. The van der Waals surface area contributed by atoms with Gasteiger partial charge in [0.05, 0.1) is 6.10 Å². The van der Waals surface area contributed by atoms with Crippen molar-refractivity contribution in [1.82, 2.24) is 24.8 Å². The molecule has 1 saturated carbocycles. The lowest BCUT2D eigenvalue weighted by molar-refractivity contribution is 0.00102. The third-order valence-corrected chi connectivity index (χ3v) is 6.32. The van der Waals surface area contributed by atoms with Crippen LogP contribution in [0.15, 0.2) is 29.4 Å². The van der Waals surface area contributed by atoms with Crippen LogP contribution < -0.4 is 5.32 Å². The number of aromatic nitrogens is 3. The summed E-state index contributed by atoms with van der Waals surface area (Å²) >= 11 is 0. The van der Waals surface area contributed by atoms with E-state index in [4.69, 9.17) is 9.73 Å². The number of ether oxygens (including phenoxy) is 1. The van der Waals surface area contributed by atoms with E-state index < -0.39 is 0 Å². The zero-order chi connectivity index (χ0) is 20.6. The summed E-state index contributed by atoms with van der Waals surface area (Å²) in [7, 11) is 0. The summed E-state index contributed by atoms with van der Waals surface area (Å²) in [5.74, 6) is 2.85. The first-order chi connectivity index (χ1) is 14.8. The van der Waals surface area contributed by atoms with Gasteiger partial charge in [0, 0.05) is 45.4 Å². The van der Waals surface area contributed by atoms with Crippen LogP contribution in [0.25, 0.3) is 5.65 Å². The average molecular weight is 413 g/mol. The molecule has 0 amide bonds. The van der Waals surface area contributed by atoms with E-state index in [1.165, 1.54) is 25.7 Å². The number of piperidine rings is 1. The van der Waals surface area contributed by atoms with Crippen molar-refractivity contribution in [2.45, 2.75) is 64.4 Å². The molecule has 0 unspecified atom stereocenters. The molecule has 0 radical (unpaired) electrons. The Morgan fingerprint density at radius 1 is 1.17 bits per heavy atom. The molecular formula is C23H36N6O. The second-order valence-corrected chi connectivity index (χ2v) is 8.55. The fourth-order valence-electron chi connectivity index (χ4n) is 4.59.